The quantitative estimate of drug-likeness (QED) is 0.531. The molecule has 0 aliphatic rings. The molecule has 0 unspecified atom stereocenters. The van der Waals surface area contributed by atoms with Crippen molar-refractivity contribution < 1.29 is 19.0 Å². The standard InChI is InChI=1S/C19H21BrO4/c1-12-7-13(2)9-15(8-12)24-19(21)6-5-14-10-17(22-3)18(23-4)11-16(14)20/h7-11H,5-6H2,1-4H3. The van der Waals surface area contributed by atoms with Crippen molar-refractivity contribution in [1.29, 1.82) is 0 Å². The maximum Gasteiger partial charge on any atom is 0.311 e. The first-order valence-electron chi connectivity index (χ1n) is 7.62. The van der Waals surface area contributed by atoms with E-state index in [2.05, 4.69) is 15.9 Å². The Morgan fingerprint density at radius 2 is 1.54 bits per heavy atom. The Balaban J connectivity index is 2.03. The number of aryl methyl sites for hydroxylation is 3. The zero-order valence-corrected chi connectivity index (χ0v) is 15.9. The van der Waals surface area contributed by atoms with Crippen LogP contribution < -0.4 is 14.2 Å². The third kappa shape index (κ3) is 4.74. The first-order valence-corrected chi connectivity index (χ1v) is 8.41. The Labute approximate surface area is 150 Å². The van der Waals surface area contributed by atoms with Crippen molar-refractivity contribution >= 4 is 21.9 Å². The number of methoxy groups -OCH3 is 2. The fourth-order valence-corrected chi connectivity index (χ4v) is 3.02. The minimum Gasteiger partial charge on any atom is -0.493 e. The number of benzene rings is 2. The molecule has 5 heteroatoms. The van der Waals surface area contributed by atoms with Gasteiger partial charge < -0.3 is 14.2 Å². The van der Waals surface area contributed by atoms with Crippen molar-refractivity contribution in [2.24, 2.45) is 0 Å². The van der Waals surface area contributed by atoms with Gasteiger partial charge in [-0.25, -0.2) is 0 Å². The molecule has 0 aliphatic heterocycles. The van der Waals surface area contributed by atoms with Crippen LogP contribution in [-0.4, -0.2) is 20.2 Å². The molecular formula is C19H21BrO4. The van der Waals surface area contributed by atoms with Gasteiger partial charge in [0.2, 0.25) is 0 Å². The zero-order chi connectivity index (χ0) is 17.7. The van der Waals surface area contributed by atoms with E-state index < -0.39 is 0 Å². The first kappa shape index (κ1) is 18.3. The van der Waals surface area contributed by atoms with Crippen molar-refractivity contribution in [3.8, 4) is 17.2 Å². The minimum absolute atomic E-state index is 0.262. The van der Waals surface area contributed by atoms with Crippen molar-refractivity contribution in [1.82, 2.24) is 0 Å². The average Bonchev–Trinajstić information content (AvgIpc) is 2.52. The smallest absolute Gasteiger partial charge is 0.311 e. The number of ether oxygens (including phenoxy) is 3. The Kier molecular flexibility index (Phi) is 6.26. The Hall–Kier alpha value is -2.01. The van der Waals surface area contributed by atoms with E-state index in [9.17, 15) is 4.79 Å². The van der Waals surface area contributed by atoms with Crippen LogP contribution in [-0.2, 0) is 11.2 Å². The van der Waals surface area contributed by atoms with Crippen LogP contribution in [0.15, 0.2) is 34.8 Å². The lowest BCUT2D eigenvalue weighted by Gasteiger charge is -2.12. The summed E-state index contributed by atoms with van der Waals surface area (Å²) in [7, 11) is 3.18. The molecule has 2 rings (SSSR count). The molecule has 0 aromatic heterocycles. The van der Waals surface area contributed by atoms with Crippen molar-refractivity contribution in [3.63, 3.8) is 0 Å². The summed E-state index contributed by atoms with van der Waals surface area (Å²) in [5.41, 5.74) is 3.10. The number of hydrogen-bond donors (Lipinski definition) is 0. The second-order valence-corrected chi connectivity index (χ2v) is 6.45. The molecule has 0 fully saturated rings. The molecule has 0 saturated heterocycles. The van der Waals surface area contributed by atoms with Gasteiger partial charge in [0.25, 0.3) is 0 Å². The van der Waals surface area contributed by atoms with Crippen LogP contribution in [0.3, 0.4) is 0 Å². The maximum absolute atomic E-state index is 12.1. The molecule has 2 aromatic carbocycles. The number of esters is 1. The summed E-state index contributed by atoms with van der Waals surface area (Å²) in [6, 6.07) is 9.46. The lowest BCUT2D eigenvalue weighted by atomic mass is 10.1. The monoisotopic (exact) mass is 392 g/mol. The van der Waals surface area contributed by atoms with Crippen LogP contribution in [0.2, 0.25) is 0 Å². The van der Waals surface area contributed by atoms with E-state index in [0.29, 0.717) is 23.7 Å². The van der Waals surface area contributed by atoms with Gasteiger partial charge in [-0.05, 0) is 61.2 Å². The van der Waals surface area contributed by atoms with E-state index in [1.54, 1.807) is 14.2 Å². The summed E-state index contributed by atoms with van der Waals surface area (Å²) in [6.07, 6.45) is 0.825. The lowest BCUT2D eigenvalue weighted by Crippen LogP contribution is -2.09. The van der Waals surface area contributed by atoms with Crippen LogP contribution in [0, 0.1) is 13.8 Å². The molecule has 0 saturated carbocycles. The van der Waals surface area contributed by atoms with Gasteiger partial charge in [-0.3, -0.25) is 4.79 Å². The Bertz CT molecular complexity index is 720. The normalized spacial score (nSPS) is 10.4. The molecular weight excluding hydrogens is 372 g/mol. The highest BCUT2D eigenvalue weighted by atomic mass is 79.9. The van der Waals surface area contributed by atoms with Gasteiger partial charge in [0, 0.05) is 4.47 Å². The van der Waals surface area contributed by atoms with E-state index in [1.807, 2.05) is 44.2 Å². The highest BCUT2D eigenvalue weighted by molar-refractivity contribution is 9.10. The van der Waals surface area contributed by atoms with Crippen LogP contribution in [0.1, 0.15) is 23.1 Å². The van der Waals surface area contributed by atoms with Gasteiger partial charge in [-0.1, -0.05) is 22.0 Å². The third-order valence-electron chi connectivity index (χ3n) is 3.58. The second kappa shape index (κ2) is 8.20. The molecule has 4 nitrogen and oxygen atoms in total. The summed E-state index contributed by atoms with van der Waals surface area (Å²) in [6.45, 7) is 3.95. The maximum atomic E-state index is 12.1. The van der Waals surface area contributed by atoms with Crippen LogP contribution in [0.25, 0.3) is 0 Å². The molecule has 0 heterocycles. The summed E-state index contributed by atoms with van der Waals surface area (Å²) in [5.74, 6) is 1.61. The predicted octanol–water partition coefficient (Wildman–Crippen LogP) is 4.62. The molecule has 0 bridgehead atoms. The molecule has 24 heavy (non-hydrogen) atoms. The SMILES string of the molecule is COc1cc(Br)c(CCC(=O)Oc2cc(C)cc(C)c2)cc1OC. The van der Waals surface area contributed by atoms with E-state index >= 15 is 0 Å². The van der Waals surface area contributed by atoms with Crippen molar-refractivity contribution in [3.05, 3.63) is 51.5 Å². The third-order valence-corrected chi connectivity index (χ3v) is 4.32. The largest absolute Gasteiger partial charge is 0.493 e. The van der Waals surface area contributed by atoms with Crippen LogP contribution in [0.4, 0.5) is 0 Å². The number of hydrogen-bond acceptors (Lipinski definition) is 4. The molecule has 0 atom stereocenters. The van der Waals surface area contributed by atoms with Gasteiger partial charge in [0.05, 0.1) is 20.6 Å². The fourth-order valence-electron chi connectivity index (χ4n) is 2.50. The summed E-state index contributed by atoms with van der Waals surface area (Å²) in [4.78, 5) is 12.1. The fraction of sp³-hybridized carbons (Fsp3) is 0.316. The highest BCUT2D eigenvalue weighted by Gasteiger charge is 2.12. The molecule has 128 valence electrons. The van der Waals surface area contributed by atoms with Crippen LogP contribution in [0.5, 0.6) is 17.2 Å². The number of carbonyl (C=O) groups is 1. The lowest BCUT2D eigenvalue weighted by molar-refractivity contribution is -0.134. The van der Waals surface area contributed by atoms with Gasteiger partial charge >= 0.3 is 5.97 Å². The highest BCUT2D eigenvalue weighted by Crippen LogP contribution is 2.33. The number of rotatable bonds is 6. The van der Waals surface area contributed by atoms with E-state index in [1.165, 1.54) is 0 Å². The van der Waals surface area contributed by atoms with Gasteiger partial charge in [0.1, 0.15) is 5.75 Å². The molecule has 0 amide bonds. The Morgan fingerprint density at radius 1 is 0.958 bits per heavy atom. The number of halogens is 1. The summed E-state index contributed by atoms with van der Waals surface area (Å²) < 4.78 is 16.9. The zero-order valence-electron chi connectivity index (χ0n) is 14.3. The first-order chi connectivity index (χ1) is 11.4. The number of carbonyl (C=O) groups excluding carboxylic acids is 1. The molecule has 0 N–H and O–H groups in total. The van der Waals surface area contributed by atoms with Crippen molar-refractivity contribution in [2.75, 3.05) is 14.2 Å². The minimum atomic E-state index is -0.262. The van der Waals surface area contributed by atoms with E-state index in [-0.39, 0.29) is 12.4 Å². The van der Waals surface area contributed by atoms with E-state index in [4.69, 9.17) is 14.2 Å². The predicted molar refractivity (Wildman–Crippen MR) is 97.1 cm³/mol. The van der Waals surface area contributed by atoms with Crippen LogP contribution >= 0.6 is 15.9 Å². The van der Waals surface area contributed by atoms with Gasteiger partial charge in [-0.15, -0.1) is 0 Å². The van der Waals surface area contributed by atoms with Gasteiger partial charge in [-0.2, -0.15) is 0 Å². The molecule has 0 radical (unpaired) electrons. The van der Waals surface area contributed by atoms with Gasteiger partial charge in [0.15, 0.2) is 11.5 Å². The summed E-state index contributed by atoms with van der Waals surface area (Å²) in [5, 5.41) is 0. The Morgan fingerprint density at radius 3 is 2.12 bits per heavy atom. The topological polar surface area (TPSA) is 44.8 Å². The summed E-state index contributed by atoms with van der Waals surface area (Å²) >= 11 is 3.50. The molecule has 0 spiro atoms. The second-order valence-electron chi connectivity index (χ2n) is 5.60. The van der Waals surface area contributed by atoms with E-state index in [0.717, 1.165) is 21.2 Å². The van der Waals surface area contributed by atoms with Crippen molar-refractivity contribution in [2.45, 2.75) is 26.7 Å². The molecule has 0 aliphatic carbocycles. The molecule has 2 aromatic rings. The average molecular weight is 393 g/mol.